The van der Waals surface area contributed by atoms with Gasteiger partial charge in [0.2, 0.25) is 0 Å². The Balaban J connectivity index is 2.30. The highest BCUT2D eigenvalue weighted by Crippen LogP contribution is 2.13. The lowest BCUT2D eigenvalue weighted by Gasteiger charge is -2.02. The summed E-state index contributed by atoms with van der Waals surface area (Å²) in [6, 6.07) is 9.48. The van der Waals surface area contributed by atoms with Crippen LogP contribution in [0.1, 0.15) is 41.9 Å². The first kappa shape index (κ1) is 14.9. The summed E-state index contributed by atoms with van der Waals surface area (Å²) in [5.74, 6) is 7.14. The van der Waals surface area contributed by atoms with Gasteiger partial charge in [-0.2, -0.15) is 0 Å². The summed E-state index contributed by atoms with van der Waals surface area (Å²) in [6.45, 7) is 4.66. The summed E-state index contributed by atoms with van der Waals surface area (Å²) >= 11 is 0. The third-order valence-electron chi connectivity index (χ3n) is 3.26. The number of hydrogen-bond acceptors (Lipinski definition) is 2. The molecule has 1 aromatic heterocycles. The van der Waals surface area contributed by atoms with Gasteiger partial charge in [-0.1, -0.05) is 24.8 Å². The Morgan fingerprint density at radius 2 is 1.95 bits per heavy atom. The van der Waals surface area contributed by atoms with Crippen LogP contribution in [0.25, 0.3) is 0 Å². The molecule has 1 aromatic carbocycles. The van der Waals surface area contributed by atoms with Crippen molar-refractivity contribution < 1.29 is 9.53 Å². The van der Waals surface area contributed by atoms with Gasteiger partial charge >= 0.3 is 0 Å². The van der Waals surface area contributed by atoms with Gasteiger partial charge in [-0.25, -0.2) is 0 Å². The molecule has 21 heavy (non-hydrogen) atoms. The van der Waals surface area contributed by atoms with E-state index in [0.717, 1.165) is 29.1 Å². The second-order valence-electron chi connectivity index (χ2n) is 4.66. The molecule has 2 rings (SSSR count). The molecule has 108 valence electrons. The smallest absolute Gasteiger partial charge is 0.178 e. The largest absolute Gasteiger partial charge is 0.497 e. The van der Waals surface area contributed by atoms with Crippen LogP contribution in [-0.2, 0) is 6.54 Å². The highest BCUT2D eigenvalue weighted by atomic mass is 16.5. The van der Waals surface area contributed by atoms with Crippen LogP contribution in [0, 0.1) is 11.8 Å². The molecule has 0 bridgehead atoms. The molecule has 0 saturated heterocycles. The number of carbonyl (C=O) groups is 1. The van der Waals surface area contributed by atoms with Crippen LogP contribution in [0.3, 0.4) is 0 Å². The predicted molar refractivity (Wildman–Crippen MR) is 83.7 cm³/mol. The van der Waals surface area contributed by atoms with Crippen LogP contribution in [-0.4, -0.2) is 17.5 Å². The fraction of sp³-hybridized carbons (Fsp3) is 0.278. The van der Waals surface area contributed by atoms with Gasteiger partial charge in [-0.15, -0.1) is 0 Å². The first-order valence-corrected chi connectivity index (χ1v) is 7.07. The van der Waals surface area contributed by atoms with Gasteiger partial charge in [0.25, 0.3) is 0 Å². The minimum atomic E-state index is 0.145. The van der Waals surface area contributed by atoms with E-state index in [4.69, 9.17) is 4.74 Å². The Hall–Kier alpha value is -2.47. The lowest BCUT2D eigenvalue weighted by atomic mass is 10.2. The topological polar surface area (TPSA) is 31.2 Å². The zero-order valence-electron chi connectivity index (χ0n) is 12.6. The van der Waals surface area contributed by atoms with Crippen molar-refractivity contribution in [3.8, 4) is 17.6 Å². The molecule has 2 aromatic rings. The predicted octanol–water partition coefficient (Wildman–Crippen LogP) is 3.51. The summed E-state index contributed by atoms with van der Waals surface area (Å²) in [4.78, 5) is 11.9. The van der Waals surface area contributed by atoms with E-state index in [9.17, 15) is 4.79 Å². The number of methoxy groups -OCH3 is 1. The maximum absolute atomic E-state index is 11.9. The first-order chi connectivity index (χ1) is 10.2. The van der Waals surface area contributed by atoms with E-state index in [-0.39, 0.29) is 5.78 Å². The third kappa shape index (κ3) is 3.55. The maximum atomic E-state index is 11.9. The van der Waals surface area contributed by atoms with Crippen LogP contribution in [0.2, 0.25) is 0 Å². The second kappa shape index (κ2) is 6.81. The van der Waals surface area contributed by atoms with Crippen LogP contribution < -0.4 is 4.74 Å². The second-order valence-corrected chi connectivity index (χ2v) is 4.66. The van der Waals surface area contributed by atoms with E-state index in [2.05, 4.69) is 11.8 Å². The minimum Gasteiger partial charge on any atom is -0.497 e. The Bertz CT molecular complexity index is 701. The van der Waals surface area contributed by atoms with E-state index in [0.29, 0.717) is 6.42 Å². The summed E-state index contributed by atoms with van der Waals surface area (Å²) in [5.41, 5.74) is 2.48. The number of rotatable bonds is 4. The average Bonchev–Trinajstić information content (AvgIpc) is 2.95. The molecule has 0 N–H and O–H groups in total. The molecule has 0 aliphatic heterocycles. The molecule has 3 nitrogen and oxygen atoms in total. The van der Waals surface area contributed by atoms with Crippen molar-refractivity contribution >= 4 is 5.78 Å². The fourth-order valence-electron chi connectivity index (χ4n) is 2.10. The van der Waals surface area contributed by atoms with Crippen LogP contribution in [0.5, 0.6) is 5.75 Å². The number of ether oxygens (including phenoxy) is 1. The molecule has 0 aliphatic carbocycles. The van der Waals surface area contributed by atoms with Gasteiger partial charge < -0.3 is 9.30 Å². The summed E-state index contributed by atoms with van der Waals surface area (Å²) < 4.78 is 7.12. The van der Waals surface area contributed by atoms with Crippen LogP contribution in [0.4, 0.5) is 0 Å². The zero-order valence-corrected chi connectivity index (χ0v) is 12.6. The van der Waals surface area contributed by atoms with Gasteiger partial charge in [0.1, 0.15) is 5.75 Å². The molecule has 1 heterocycles. The van der Waals surface area contributed by atoms with Crippen LogP contribution in [0.15, 0.2) is 36.5 Å². The van der Waals surface area contributed by atoms with Crippen molar-refractivity contribution in [2.75, 3.05) is 7.11 Å². The number of hydrogen-bond donors (Lipinski definition) is 0. The molecule has 0 unspecified atom stereocenters. The molecule has 0 fully saturated rings. The average molecular weight is 281 g/mol. The Morgan fingerprint density at radius 1 is 1.19 bits per heavy atom. The molecule has 0 saturated carbocycles. The normalized spacial score (nSPS) is 9.86. The van der Waals surface area contributed by atoms with Crippen molar-refractivity contribution in [2.24, 2.45) is 0 Å². The summed E-state index contributed by atoms with van der Waals surface area (Å²) in [5, 5.41) is 0. The van der Waals surface area contributed by atoms with Crippen molar-refractivity contribution in [3.63, 3.8) is 0 Å². The molecular weight excluding hydrogens is 262 g/mol. The van der Waals surface area contributed by atoms with E-state index >= 15 is 0 Å². The van der Waals surface area contributed by atoms with Gasteiger partial charge in [-0.3, -0.25) is 4.79 Å². The third-order valence-corrected chi connectivity index (χ3v) is 3.26. The lowest BCUT2D eigenvalue weighted by Crippen LogP contribution is -2.05. The molecule has 0 aliphatic rings. The monoisotopic (exact) mass is 281 g/mol. The lowest BCUT2D eigenvalue weighted by molar-refractivity contribution is 0.0979. The molecule has 0 atom stereocenters. The van der Waals surface area contributed by atoms with Crippen molar-refractivity contribution in [1.82, 2.24) is 4.57 Å². The molecule has 3 heteroatoms. The van der Waals surface area contributed by atoms with E-state index < -0.39 is 0 Å². The summed E-state index contributed by atoms with van der Waals surface area (Å²) in [6.07, 6.45) is 2.43. The van der Waals surface area contributed by atoms with Gasteiger partial charge in [0.05, 0.1) is 12.8 Å². The van der Waals surface area contributed by atoms with Crippen molar-refractivity contribution in [3.05, 3.63) is 53.3 Å². The quantitative estimate of drug-likeness (QED) is 0.634. The van der Waals surface area contributed by atoms with Crippen molar-refractivity contribution in [2.45, 2.75) is 26.8 Å². The first-order valence-electron chi connectivity index (χ1n) is 7.07. The number of carbonyl (C=O) groups excluding carboxylic acids is 1. The van der Waals surface area contributed by atoms with E-state index in [1.165, 1.54) is 0 Å². The Labute approximate surface area is 125 Å². The highest BCUT2D eigenvalue weighted by Gasteiger charge is 2.09. The molecule has 0 radical (unpaired) electrons. The van der Waals surface area contributed by atoms with E-state index in [1.54, 1.807) is 7.11 Å². The molecule has 0 spiro atoms. The summed E-state index contributed by atoms with van der Waals surface area (Å²) in [7, 11) is 1.64. The number of aryl methyl sites for hydroxylation is 1. The molecular formula is C18H19NO2. The van der Waals surface area contributed by atoms with E-state index in [1.807, 2.05) is 54.9 Å². The standard InChI is InChI=1S/C18H19NO2/c1-4-18(20)17-12-15(13-19(17)5-2)10-9-14-7-6-8-16(11-14)21-3/h6-8,11-13H,4-5H2,1-3H3. The number of nitrogens with zero attached hydrogens (tertiary/aromatic N) is 1. The SMILES string of the molecule is CCC(=O)c1cc(C#Cc2cccc(OC)c2)cn1CC. The number of ketones is 1. The fourth-order valence-corrected chi connectivity index (χ4v) is 2.10. The number of aromatic nitrogens is 1. The molecule has 0 amide bonds. The Morgan fingerprint density at radius 3 is 2.62 bits per heavy atom. The highest BCUT2D eigenvalue weighted by molar-refractivity contribution is 5.94. The number of Topliss-reactive ketones (excluding diaryl/α,β-unsaturated/α-hetero) is 1. The van der Waals surface area contributed by atoms with Gasteiger partial charge in [-0.05, 0) is 31.2 Å². The van der Waals surface area contributed by atoms with Gasteiger partial charge in [0.15, 0.2) is 5.78 Å². The Kier molecular flexibility index (Phi) is 4.84. The maximum Gasteiger partial charge on any atom is 0.178 e. The number of benzene rings is 1. The zero-order chi connectivity index (χ0) is 15.2. The minimum absolute atomic E-state index is 0.145. The van der Waals surface area contributed by atoms with Crippen molar-refractivity contribution in [1.29, 1.82) is 0 Å². The van der Waals surface area contributed by atoms with Crippen LogP contribution >= 0.6 is 0 Å². The van der Waals surface area contributed by atoms with Gasteiger partial charge in [0, 0.05) is 30.3 Å².